The van der Waals surface area contributed by atoms with Gasteiger partial charge in [-0.25, -0.2) is 0 Å². The number of hydrogen-bond donors (Lipinski definition) is 1. The van der Waals surface area contributed by atoms with E-state index in [-0.39, 0.29) is 24.5 Å². The average molecular weight is 373 g/mol. The molecule has 1 N–H and O–H groups in total. The maximum absolute atomic E-state index is 12.4. The Morgan fingerprint density at radius 1 is 0.857 bits per heavy atom. The lowest BCUT2D eigenvalue weighted by atomic mass is 10.0. The number of Topliss-reactive ketones (excluding diaryl/α,β-unsaturated/α-hetero) is 1. The minimum atomic E-state index is -0.210. The number of methoxy groups -OCH3 is 1. The van der Waals surface area contributed by atoms with E-state index < -0.39 is 0 Å². The molecule has 0 heterocycles. The molecule has 0 aromatic heterocycles. The Bertz CT molecular complexity index is 963. The molecule has 28 heavy (non-hydrogen) atoms. The smallest absolute Gasteiger partial charge is 0.224 e. The van der Waals surface area contributed by atoms with E-state index in [0.717, 1.165) is 16.7 Å². The largest absolute Gasteiger partial charge is 0.495 e. The molecule has 142 valence electrons. The SMILES string of the molecule is COc1ccc(C)cc1NC(=O)CCC(=O)c1ccc(-c2ccccc2)cc1. The Morgan fingerprint density at radius 2 is 1.54 bits per heavy atom. The number of carbonyl (C=O) groups excluding carboxylic acids is 2. The lowest BCUT2D eigenvalue weighted by Gasteiger charge is -2.11. The van der Waals surface area contributed by atoms with Crippen molar-refractivity contribution in [3.63, 3.8) is 0 Å². The van der Waals surface area contributed by atoms with E-state index in [1.807, 2.05) is 79.7 Å². The highest BCUT2D eigenvalue weighted by atomic mass is 16.5. The first-order chi connectivity index (χ1) is 13.6. The fraction of sp³-hybridized carbons (Fsp3) is 0.167. The molecule has 0 bridgehead atoms. The minimum absolute atomic E-state index is 0.0500. The van der Waals surface area contributed by atoms with Gasteiger partial charge in [0.1, 0.15) is 5.75 Å². The Labute approximate surface area is 165 Å². The number of nitrogens with one attached hydrogen (secondary N) is 1. The van der Waals surface area contributed by atoms with Crippen LogP contribution >= 0.6 is 0 Å². The number of benzene rings is 3. The minimum Gasteiger partial charge on any atom is -0.495 e. The van der Waals surface area contributed by atoms with Gasteiger partial charge in [-0.3, -0.25) is 9.59 Å². The van der Waals surface area contributed by atoms with Gasteiger partial charge in [-0.2, -0.15) is 0 Å². The van der Waals surface area contributed by atoms with Gasteiger partial charge in [-0.05, 0) is 35.7 Å². The standard InChI is InChI=1S/C24H23NO3/c1-17-8-14-23(28-2)21(16-17)25-24(27)15-13-22(26)20-11-9-19(10-12-20)18-6-4-3-5-7-18/h3-12,14,16H,13,15H2,1-2H3,(H,25,27). The molecule has 3 aromatic rings. The van der Waals surface area contributed by atoms with Gasteiger partial charge in [0.25, 0.3) is 0 Å². The van der Waals surface area contributed by atoms with Crippen molar-refractivity contribution in [3.8, 4) is 16.9 Å². The molecule has 4 heteroatoms. The zero-order valence-electron chi connectivity index (χ0n) is 16.1. The summed E-state index contributed by atoms with van der Waals surface area (Å²) >= 11 is 0. The van der Waals surface area contributed by atoms with Crippen LogP contribution in [0.2, 0.25) is 0 Å². The third-order valence-electron chi connectivity index (χ3n) is 4.52. The summed E-state index contributed by atoms with van der Waals surface area (Å²) in [5.41, 5.74) is 4.41. The van der Waals surface area contributed by atoms with Gasteiger partial charge in [0.05, 0.1) is 12.8 Å². The second-order valence-electron chi connectivity index (χ2n) is 6.62. The zero-order chi connectivity index (χ0) is 19.9. The third-order valence-corrected chi connectivity index (χ3v) is 4.52. The fourth-order valence-electron chi connectivity index (χ4n) is 2.98. The van der Waals surface area contributed by atoms with Crippen LogP contribution in [0.1, 0.15) is 28.8 Å². The van der Waals surface area contributed by atoms with Crippen LogP contribution in [0.25, 0.3) is 11.1 Å². The second kappa shape index (κ2) is 9.00. The van der Waals surface area contributed by atoms with Crippen molar-refractivity contribution < 1.29 is 14.3 Å². The zero-order valence-corrected chi connectivity index (χ0v) is 16.1. The molecule has 0 radical (unpaired) electrons. The normalized spacial score (nSPS) is 10.4. The molecule has 0 fully saturated rings. The van der Waals surface area contributed by atoms with Crippen molar-refractivity contribution in [1.29, 1.82) is 0 Å². The highest BCUT2D eigenvalue weighted by molar-refractivity contribution is 6.00. The molecule has 0 spiro atoms. The highest BCUT2D eigenvalue weighted by Gasteiger charge is 2.12. The van der Waals surface area contributed by atoms with Crippen molar-refractivity contribution in [2.75, 3.05) is 12.4 Å². The number of hydrogen-bond acceptors (Lipinski definition) is 3. The summed E-state index contributed by atoms with van der Waals surface area (Å²) in [4.78, 5) is 24.7. The van der Waals surface area contributed by atoms with Gasteiger partial charge in [-0.1, -0.05) is 60.7 Å². The van der Waals surface area contributed by atoms with Gasteiger partial charge in [0.2, 0.25) is 5.91 Å². The van der Waals surface area contributed by atoms with Gasteiger partial charge in [0.15, 0.2) is 5.78 Å². The van der Waals surface area contributed by atoms with E-state index in [1.54, 1.807) is 7.11 Å². The molecule has 3 rings (SSSR count). The number of aryl methyl sites for hydroxylation is 1. The molecule has 0 unspecified atom stereocenters. The number of carbonyl (C=O) groups is 2. The van der Waals surface area contributed by atoms with Crippen LogP contribution in [0.15, 0.2) is 72.8 Å². The van der Waals surface area contributed by atoms with E-state index in [0.29, 0.717) is 17.0 Å². The summed E-state index contributed by atoms with van der Waals surface area (Å²) in [5, 5.41) is 2.82. The highest BCUT2D eigenvalue weighted by Crippen LogP contribution is 2.25. The van der Waals surface area contributed by atoms with Crippen molar-refractivity contribution >= 4 is 17.4 Å². The third kappa shape index (κ3) is 4.86. The molecule has 3 aromatic carbocycles. The lowest BCUT2D eigenvalue weighted by molar-refractivity contribution is -0.116. The topological polar surface area (TPSA) is 55.4 Å². The molecular formula is C24H23NO3. The van der Waals surface area contributed by atoms with Gasteiger partial charge in [-0.15, -0.1) is 0 Å². The van der Waals surface area contributed by atoms with E-state index >= 15 is 0 Å². The average Bonchev–Trinajstić information content (AvgIpc) is 2.73. The van der Waals surface area contributed by atoms with E-state index in [4.69, 9.17) is 4.74 Å². The summed E-state index contributed by atoms with van der Waals surface area (Å²) < 4.78 is 5.26. The van der Waals surface area contributed by atoms with Crippen molar-refractivity contribution in [3.05, 3.63) is 83.9 Å². The van der Waals surface area contributed by atoms with E-state index in [1.165, 1.54) is 0 Å². The van der Waals surface area contributed by atoms with Gasteiger partial charge >= 0.3 is 0 Å². The number of anilines is 1. The van der Waals surface area contributed by atoms with Crippen LogP contribution in [0.5, 0.6) is 5.75 Å². The molecule has 0 aliphatic heterocycles. The Kier molecular flexibility index (Phi) is 6.22. The number of rotatable bonds is 7. The summed E-state index contributed by atoms with van der Waals surface area (Å²) in [5.74, 6) is 0.339. The number of ether oxygens (including phenoxy) is 1. The van der Waals surface area contributed by atoms with Crippen molar-refractivity contribution in [2.24, 2.45) is 0 Å². The number of amides is 1. The van der Waals surface area contributed by atoms with Crippen LogP contribution in [0, 0.1) is 6.92 Å². The van der Waals surface area contributed by atoms with E-state index in [9.17, 15) is 9.59 Å². The summed E-state index contributed by atoms with van der Waals surface area (Å²) in [6.45, 7) is 1.94. The summed E-state index contributed by atoms with van der Waals surface area (Å²) in [6, 6.07) is 23.0. The Balaban J connectivity index is 1.58. The van der Waals surface area contributed by atoms with Crippen molar-refractivity contribution in [1.82, 2.24) is 0 Å². The molecule has 0 aliphatic carbocycles. The van der Waals surface area contributed by atoms with E-state index in [2.05, 4.69) is 5.32 Å². The van der Waals surface area contributed by atoms with Crippen LogP contribution in [-0.4, -0.2) is 18.8 Å². The maximum Gasteiger partial charge on any atom is 0.224 e. The summed E-state index contributed by atoms with van der Waals surface area (Å²) in [6.07, 6.45) is 0.279. The van der Waals surface area contributed by atoms with Crippen LogP contribution in [0.4, 0.5) is 5.69 Å². The van der Waals surface area contributed by atoms with Crippen molar-refractivity contribution in [2.45, 2.75) is 19.8 Å². The molecule has 1 amide bonds. The summed E-state index contributed by atoms with van der Waals surface area (Å²) in [7, 11) is 1.56. The molecular weight excluding hydrogens is 350 g/mol. The first kappa shape index (κ1) is 19.4. The molecule has 0 saturated carbocycles. The van der Waals surface area contributed by atoms with Crippen LogP contribution < -0.4 is 10.1 Å². The fourth-order valence-corrected chi connectivity index (χ4v) is 2.98. The monoisotopic (exact) mass is 373 g/mol. The van der Waals surface area contributed by atoms with Gasteiger partial charge < -0.3 is 10.1 Å². The lowest BCUT2D eigenvalue weighted by Crippen LogP contribution is -2.14. The second-order valence-corrected chi connectivity index (χ2v) is 6.62. The Morgan fingerprint density at radius 3 is 2.21 bits per heavy atom. The quantitative estimate of drug-likeness (QED) is 0.574. The van der Waals surface area contributed by atoms with Crippen LogP contribution in [0.3, 0.4) is 0 Å². The Hall–Kier alpha value is -3.40. The van der Waals surface area contributed by atoms with Gasteiger partial charge in [0, 0.05) is 18.4 Å². The maximum atomic E-state index is 12.4. The predicted octanol–water partition coefficient (Wildman–Crippen LogP) is 5.27. The molecule has 4 nitrogen and oxygen atoms in total. The first-order valence-electron chi connectivity index (χ1n) is 9.20. The first-order valence-corrected chi connectivity index (χ1v) is 9.20. The molecule has 0 atom stereocenters. The molecule has 0 saturated heterocycles. The predicted molar refractivity (Wildman–Crippen MR) is 112 cm³/mol. The molecule has 0 aliphatic rings. The number of ketones is 1. The van der Waals surface area contributed by atoms with Crippen LogP contribution in [-0.2, 0) is 4.79 Å².